The number of ether oxygens (including phenoxy) is 1. The molecule has 49 heavy (non-hydrogen) atoms. The summed E-state index contributed by atoms with van der Waals surface area (Å²) >= 11 is 0. The molecule has 13 heteroatoms. The van der Waals surface area contributed by atoms with Crippen LogP contribution in [0.1, 0.15) is 78.7 Å². The molecule has 2 aromatic carbocycles. The van der Waals surface area contributed by atoms with Crippen LogP contribution >= 0.6 is 0 Å². The minimum Gasteiger partial charge on any atom is -0.494 e. The molecule has 3 heterocycles. The molecule has 1 aliphatic heterocycles. The van der Waals surface area contributed by atoms with Crippen LogP contribution in [0.4, 0.5) is 15.9 Å². The number of halogens is 1. The first-order valence-electron chi connectivity index (χ1n) is 16.9. The van der Waals surface area contributed by atoms with E-state index in [1.165, 1.54) is 19.4 Å². The molecule has 12 nitrogen and oxygen atoms in total. The highest BCUT2D eigenvalue weighted by Crippen LogP contribution is 2.44. The molecule has 4 aromatic rings. The molecule has 0 bridgehead atoms. The number of piperazine rings is 1. The Hall–Kier alpha value is -4.75. The number of H-pyrrole nitrogens is 1. The second kappa shape index (κ2) is 14.0. The first-order chi connectivity index (χ1) is 23.5. The third kappa shape index (κ3) is 6.90. The standard InChI is InChI=1S/C36H43FN6O6/c1-5-22-15-23(9-8-20(22)2)39-29-17-30(44)42(36(48)40-29)13-6-7-28(41-14-12-38-21(3)18-41)31-27(37)16-25-32(34(31)49-4)43(24-10-11-24)19-26(33(25)45)35(46)47/h8-9,15-17,19,21,24,28,38-39H,5-7,10-14,18H2,1-4H3,(H,40,48)(H,46,47). The van der Waals surface area contributed by atoms with Crippen LogP contribution in [-0.2, 0) is 13.0 Å². The van der Waals surface area contributed by atoms with Crippen LogP contribution in [0, 0.1) is 12.7 Å². The van der Waals surface area contributed by atoms with Gasteiger partial charge in [0, 0.05) is 67.8 Å². The summed E-state index contributed by atoms with van der Waals surface area (Å²) < 4.78 is 25.1. The lowest BCUT2D eigenvalue weighted by molar-refractivity contribution is 0.0694. The number of anilines is 2. The Morgan fingerprint density at radius 3 is 2.61 bits per heavy atom. The number of fused-ring (bicyclic) bond motifs is 1. The molecular weight excluding hydrogens is 631 g/mol. The second-order valence-corrected chi connectivity index (χ2v) is 13.1. The van der Waals surface area contributed by atoms with Gasteiger partial charge in [0.25, 0.3) is 5.56 Å². The summed E-state index contributed by atoms with van der Waals surface area (Å²) in [6, 6.07) is 7.95. The smallest absolute Gasteiger partial charge is 0.341 e. The third-order valence-corrected chi connectivity index (χ3v) is 9.70. The van der Waals surface area contributed by atoms with Gasteiger partial charge in [-0.3, -0.25) is 24.0 Å². The number of pyridine rings is 1. The predicted molar refractivity (Wildman–Crippen MR) is 186 cm³/mol. The molecule has 1 aliphatic carbocycles. The summed E-state index contributed by atoms with van der Waals surface area (Å²) in [5.41, 5.74) is 1.54. The summed E-state index contributed by atoms with van der Waals surface area (Å²) in [7, 11) is 1.43. The first kappa shape index (κ1) is 34.1. The summed E-state index contributed by atoms with van der Waals surface area (Å²) in [4.78, 5) is 56.4. The summed E-state index contributed by atoms with van der Waals surface area (Å²) in [6.07, 6.45) is 4.54. The maximum Gasteiger partial charge on any atom is 0.341 e. The fourth-order valence-corrected chi connectivity index (χ4v) is 7.06. The third-order valence-electron chi connectivity index (χ3n) is 9.70. The average Bonchev–Trinajstić information content (AvgIpc) is 3.91. The van der Waals surface area contributed by atoms with Crippen LogP contribution in [0.25, 0.3) is 10.9 Å². The normalized spacial score (nSPS) is 17.3. The number of aryl methyl sites for hydroxylation is 2. The molecular formula is C36H43FN6O6. The average molecular weight is 675 g/mol. The summed E-state index contributed by atoms with van der Waals surface area (Å²) in [5, 5.41) is 16.2. The zero-order chi connectivity index (χ0) is 35.0. The number of benzene rings is 2. The lowest BCUT2D eigenvalue weighted by Gasteiger charge is -2.39. The van der Waals surface area contributed by atoms with Crippen molar-refractivity contribution < 1.29 is 19.0 Å². The Bertz CT molecular complexity index is 2050. The number of aromatic carboxylic acids is 1. The number of carboxylic acids is 1. The van der Waals surface area contributed by atoms with Crippen LogP contribution in [-0.4, -0.2) is 62.9 Å². The van der Waals surface area contributed by atoms with E-state index in [1.807, 2.05) is 32.0 Å². The quantitative estimate of drug-likeness (QED) is 0.171. The Labute approximate surface area is 282 Å². The van der Waals surface area contributed by atoms with Crippen molar-refractivity contribution in [1.82, 2.24) is 24.3 Å². The van der Waals surface area contributed by atoms with Gasteiger partial charge in [-0.1, -0.05) is 13.0 Å². The maximum absolute atomic E-state index is 16.4. The molecule has 2 atom stereocenters. The van der Waals surface area contributed by atoms with Crippen molar-refractivity contribution in [2.24, 2.45) is 0 Å². The van der Waals surface area contributed by atoms with Gasteiger partial charge in [0.1, 0.15) is 17.2 Å². The van der Waals surface area contributed by atoms with Gasteiger partial charge < -0.3 is 25.0 Å². The number of aromatic amines is 1. The van der Waals surface area contributed by atoms with Crippen molar-refractivity contribution >= 4 is 28.4 Å². The molecule has 1 saturated carbocycles. The van der Waals surface area contributed by atoms with Crippen LogP contribution in [0.2, 0.25) is 0 Å². The Balaban J connectivity index is 1.33. The van der Waals surface area contributed by atoms with Crippen LogP contribution in [0.5, 0.6) is 5.75 Å². The van der Waals surface area contributed by atoms with Gasteiger partial charge in [-0.25, -0.2) is 14.0 Å². The molecule has 2 fully saturated rings. The Morgan fingerprint density at radius 1 is 1.18 bits per heavy atom. The highest BCUT2D eigenvalue weighted by Gasteiger charge is 2.34. The molecule has 260 valence electrons. The van der Waals surface area contributed by atoms with Crippen molar-refractivity contribution in [2.45, 2.75) is 77.5 Å². The number of carboxylic acid groups (broad SMARTS) is 1. The SMILES string of the molecule is CCc1cc(Nc2cc(=O)n(CCCC(c3c(F)cc4c(=O)c(C(=O)O)cn(C5CC5)c4c3OC)N3CCNC(C)C3)c(=O)[nH]2)ccc1C. The molecule has 6 rings (SSSR count). The maximum atomic E-state index is 16.4. The van der Waals surface area contributed by atoms with E-state index >= 15 is 4.39 Å². The second-order valence-electron chi connectivity index (χ2n) is 13.1. The van der Waals surface area contributed by atoms with Gasteiger partial charge >= 0.3 is 11.7 Å². The van der Waals surface area contributed by atoms with E-state index in [9.17, 15) is 24.3 Å². The van der Waals surface area contributed by atoms with Gasteiger partial charge in [0.2, 0.25) is 5.43 Å². The largest absolute Gasteiger partial charge is 0.494 e. The lowest BCUT2D eigenvalue weighted by atomic mass is 9.94. The fourth-order valence-electron chi connectivity index (χ4n) is 7.06. The molecule has 0 radical (unpaired) electrons. The van der Waals surface area contributed by atoms with Crippen molar-refractivity contribution in [3.8, 4) is 5.75 Å². The highest BCUT2D eigenvalue weighted by molar-refractivity contribution is 5.95. The number of rotatable bonds is 12. The minimum atomic E-state index is -1.37. The molecule has 0 amide bonds. The van der Waals surface area contributed by atoms with Gasteiger partial charge in [0.05, 0.1) is 18.0 Å². The summed E-state index contributed by atoms with van der Waals surface area (Å²) in [6.45, 7) is 8.15. The fraction of sp³-hybridized carbons (Fsp3) is 0.444. The Morgan fingerprint density at radius 2 is 1.96 bits per heavy atom. The highest BCUT2D eigenvalue weighted by atomic mass is 19.1. The number of nitrogens with one attached hydrogen (secondary N) is 3. The lowest BCUT2D eigenvalue weighted by Crippen LogP contribution is -2.50. The monoisotopic (exact) mass is 674 g/mol. The van der Waals surface area contributed by atoms with Crippen LogP contribution in [0.3, 0.4) is 0 Å². The predicted octanol–water partition coefficient (Wildman–Crippen LogP) is 4.46. The topological polar surface area (TPSA) is 151 Å². The summed E-state index contributed by atoms with van der Waals surface area (Å²) in [5.74, 6) is -1.55. The van der Waals surface area contributed by atoms with Gasteiger partial charge in [-0.15, -0.1) is 0 Å². The van der Waals surface area contributed by atoms with Gasteiger partial charge in [-0.05, 0) is 75.3 Å². The van der Waals surface area contributed by atoms with Crippen molar-refractivity contribution in [3.05, 3.63) is 95.7 Å². The molecule has 0 spiro atoms. The molecule has 2 aliphatic rings. The molecule has 4 N–H and O–H groups in total. The van der Waals surface area contributed by atoms with E-state index < -0.39 is 40.1 Å². The van der Waals surface area contributed by atoms with Crippen LogP contribution < -0.4 is 32.0 Å². The van der Waals surface area contributed by atoms with Crippen LogP contribution in [0.15, 0.2) is 50.9 Å². The number of carbonyl (C=O) groups is 1. The number of methoxy groups -OCH3 is 1. The van der Waals surface area contributed by atoms with Gasteiger partial charge in [0.15, 0.2) is 5.75 Å². The Kier molecular flexibility index (Phi) is 9.75. The van der Waals surface area contributed by atoms with E-state index in [0.717, 1.165) is 46.7 Å². The van der Waals surface area contributed by atoms with Gasteiger partial charge in [-0.2, -0.15) is 0 Å². The van der Waals surface area contributed by atoms with E-state index in [2.05, 4.69) is 27.4 Å². The number of hydrogen-bond donors (Lipinski definition) is 4. The van der Waals surface area contributed by atoms with Crippen molar-refractivity contribution in [3.63, 3.8) is 0 Å². The molecule has 2 aromatic heterocycles. The van der Waals surface area contributed by atoms with E-state index in [-0.39, 0.29) is 35.3 Å². The van der Waals surface area contributed by atoms with E-state index in [1.54, 1.807) is 4.57 Å². The van der Waals surface area contributed by atoms with Crippen molar-refractivity contribution in [2.75, 3.05) is 32.1 Å². The zero-order valence-corrected chi connectivity index (χ0v) is 28.3. The zero-order valence-electron chi connectivity index (χ0n) is 28.3. The number of aromatic nitrogens is 3. The minimum absolute atomic E-state index is 0.0261. The van der Waals surface area contributed by atoms with Crippen molar-refractivity contribution in [1.29, 1.82) is 0 Å². The number of hydrogen-bond acceptors (Lipinski definition) is 8. The first-order valence-corrected chi connectivity index (χ1v) is 16.9. The van der Waals surface area contributed by atoms with E-state index in [4.69, 9.17) is 4.74 Å². The molecule has 2 unspecified atom stereocenters. The van der Waals surface area contributed by atoms with E-state index in [0.29, 0.717) is 43.8 Å². The number of nitrogens with zero attached hydrogens (tertiary/aromatic N) is 3. The molecule has 1 saturated heterocycles.